The van der Waals surface area contributed by atoms with Gasteiger partial charge in [0.1, 0.15) is 36.6 Å². The number of carbonyl (C=O) groups excluding carboxylic acids is 11. The zero-order valence-corrected chi connectivity index (χ0v) is 64.8. The smallest absolute Gasteiger partial charge is 0.410 e. The van der Waals surface area contributed by atoms with Crippen LogP contribution in [0.2, 0.25) is 0 Å². The summed E-state index contributed by atoms with van der Waals surface area (Å²) in [5, 5.41) is 40.1. The van der Waals surface area contributed by atoms with Gasteiger partial charge in [-0.3, -0.25) is 67.5 Å². The number of carboxylic acids is 1. The number of aliphatic hydroxyl groups is 1. The number of likely N-dealkylation sites (N-methyl/N-ethyl adjacent to an activating group) is 2. The molecule has 2 aliphatic rings. The van der Waals surface area contributed by atoms with E-state index in [1.54, 1.807) is 102 Å². The highest BCUT2D eigenvalue weighted by atomic mass is 16.6. The van der Waals surface area contributed by atoms with Crippen molar-refractivity contribution in [3.05, 3.63) is 65.7 Å². The fourth-order valence-corrected chi connectivity index (χ4v) is 13.2. The fraction of sp³-hybridized carbons (Fsp3) is 0.680. The van der Waals surface area contributed by atoms with E-state index in [9.17, 15) is 67.7 Å². The molecular weight excluding hydrogens is 1370 g/mol. The first-order chi connectivity index (χ1) is 50.1. The van der Waals surface area contributed by atoms with Gasteiger partial charge in [0.05, 0.1) is 63.6 Å². The van der Waals surface area contributed by atoms with E-state index in [4.69, 9.17) is 19.9 Å². The molecule has 0 aliphatic carbocycles. The van der Waals surface area contributed by atoms with Crippen molar-refractivity contribution < 1.29 is 82.0 Å². The van der Waals surface area contributed by atoms with Gasteiger partial charge in [-0.05, 0) is 92.9 Å². The second-order valence-electron chi connectivity index (χ2n) is 29.2. The van der Waals surface area contributed by atoms with Gasteiger partial charge in [0, 0.05) is 104 Å². The number of nitrogens with zero attached hydrogens (tertiary/aromatic N) is 6. The SMILES string of the molecule is CC[C@H](C)[C@@H]([C@@H](CC(=O)N1CCC[C@H]1C[C@@H](C)C(=O)N[C@H](C)[C@@H](O)c1ccccc1)OC)N(C)C(=O)[C@@H](NC(=O)[C@H](C(C)C)N(C)C(=O)OCc1ccc(NC(=O)[C@H](CCCNC(N)=O)NC(=O)[C@@H](NC(=O)CN2CCN(CC(=O)O)CCN(CC(=O)NCCOCCC(C)=O)CC2)C(C)C)cc1)C(C)C. The largest absolute Gasteiger partial charge is 0.480 e. The van der Waals surface area contributed by atoms with Crippen molar-refractivity contribution >= 4 is 76.8 Å². The maximum Gasteiger partial charge on any atom is 0.410 e. The van der Waals surface area contributed by atoms with E-state index < -0.39 is 120 Å². The number of urea groups is 1. The van der Waals surface area contributed by atoms with Gasteiger partial charge >= 0.3 is 18.1 Å². The molecule has 2 aliphatic heterocycles. The molecular formula is C75H122N14O17. The van der Waals surface area contributed by atoms with Crippen LogP contribution in [0.5, 0.6) is 0 Å². The van der Waals surface area contributed by atoms with Gasteiger partial charge in [-0.2, -0.15) is 0 Å². The number of methoxy groups -OCH3 is 1. The minimum absolute atomic E-state index is 0.000849. The number of aliphatic hydroxyl groups excluding tert-OH is 1. The van der Waals surface area contributed by atoms with Crippen LogP contribution in [0.4, 0.5) is 15.3 Å². The molecule has 4 rings (SSSR count). The summed E-state index contributed by atoms with van der Waals surface area (Å²) in [5.41, 5.74) is 6.81. The summed E-state index contributed by atoms with van der Waals surface area (Å²) < 4.78 is 17.2. The molecule has 0 saturated carbocycles. The number of carboxylic acid groups (broad SMARTS) is 1. The zero-order valence-electron chi connectivity index (χ0n) is 64.8. The first-order valence-electron chi connectivity index (χ1n) is 37.2. The van der Waals surface area contributed by atoms with Gasteiger partial charge in [-0.15, -0.1) is 0 Å². The van der Waals surface area contributed by atoms with E-state index in [0.717, 1.165) is 6.42 Å². The van der Waals surface area contributed by atoms with Crippen LogP contribution in [-0.4, -0.2) is 272 Å². The summed E-state index contributed by atoms with van der Waals surface area (Å²) in [5.74, 6) is -6.49. The molecule has 11 atom stereocenters. The Morgan fingerprint density at radius 3 is 1.82 bits per heavy atom. The highest BCUT2D eigenvalue weighted by molar-refractivity contribution is 5.99. The van der Waals surface area contributed by atoms with Crippen molar-refractivity contribution in [2.24, 2.45) is 35.3 Å². The average molecular weight is 1490 g/mol. The minimum atomic E-state index is -1.18. The molecule has 31 heteroatoms. The molecule has 0 unspecified atom stereocenters. The van der Waals surface area contributed by atoms with E-state index in [1.807, 2.05) is 53.7 Å². The lowest BCUT2D eigenvalue weighted by atomic mass is 9.89. The van der Waals surface area contributed by atoms with E-state index in [2.05, 4.69) is 37.2 Å². The predicted octanol–water partition coefficient (Wildman–Crippen LogP) is 3.08. The molecule has 106 heavy (non-hydrogen) atoms. The van der Waals surface area contributed by atoms with Gasteiger partial charge in [0.25, 0.3) is 0 Å². The second-order valence-corrected chi connectivity index (χ2v) is 29.2. The third-order valence-electron chi connectivity index (χ3n) is 19.6. The Morgan fingerprint density at radius 1 is 0.660 bits per heavy atom. The third-order valence-corrected chi connectivity index (χ3v) is 19.6. The summed E-state index contributed by atoms with van der Waals surface area (Å²) in [6, 6.07) is 8.86. The molecule has 11 amide bonds. The number of benzene rings is 2. The normalized spacial score (nSPS) is 17.5. The van der Waals surface area contributed by atoms with Crippen molar-refractivity contribution in [2.45, 2.75) is 189 Å². The molecule has 2 fully saturated rings. The molecule has 11 N–H and O–H groups in total. The van der Waals surface area contributed by atoms with Crippen LogP contribution in [0.1, 0.15) is 145 Å². The molecule has 594 valence electrons. The summed E-state index contributed by atoms with van der Waals surface area (Å²) in [4.78, 5) is 170. The number of amides is 11. The maximum atomic E-state index is 14.8. The molecule has 2 heterocycles. The molecule has 0 spiro atoms. The number of primary amides is 1. The van der Waals surface area contributed by atoms with Crippen molar-refractivity contribution in [1.29, 1.82) is 0 Å². The van der Waals surface area contributed by atoms with Crippen molar-refractivity contribution in [2.75, 3.05) is 118 Å². The number of aliphatic carboxylic acids is 1. The van der Waals surface area contributed by atoms with Gasteiger partial charge < -0.3 is 77.2 Å². The Morgan fingerprint density at radius 2 is 1.26 bits per heavy atom. The standard InChI is InChI=1S/C75H122N14O17/c1-15-50(8)67(59(104-14)42-62(93)89-32-20-23-57(89)41-51(9)69(97)79-53(11)68(96)55-21-17-16-18-22-55)84(12)73(101)65(48(4)5)83-72(100)66(49(6)7)85(13)75(103)106-46-54-25-27-56(28-26-54)80-70(98)58(24-19-30-78-74(76)102)81-71(99)64(47(2)3)82-61(92)44-87-34-33-86(35-37-88(38-36-87)45-63(94)95)43-60(91)77-31-40-105-39-29-52(10)90/h16-18,21-22,25-28,47-51,53,57-59,64-68,96H,15,19-20,23-24,29-46H2,1-14H3,(H,77,91)(H,79,97)(H,80,98)(H,81,99)(H,82,92)(H,83,100)(H,94,95)(H3,76,78,102)/t50-,51+,53+,57-,58-,59+,64-,65-,66-,67-,68+/m0/s1. The van der Waals surface area contributed by atoms with E-state index >= 15 is 0 Å². The number of carbonyl (C=O) groups is 12. The van der Waals surface area contributed by atoms with Crippen LogP contribution in [0.15, 0.2) is 54.6 Å². The van der Waals surface area contributed by atoms with Crippen molar-refractivity contribution in [3.63, 3.8) is 0 Å². The average Bonchev–Trinajstić information content (AvgIpc) is 0.984. The lowest BCUT2D eigenvalue weighted by molar-refractivity contribution is -0.146. The van der Waals surface area contributed by atoms with Gasteiger partial charge in [0.15, 0.2) is 0 Å². The second kappa shape index (κ2) is 46.0. The van der Waals surface area contributed by atoms with Gasteiger partial charge in [-0.25, -0.2) is 9.59 Å². The molecule has 0 aromatic heterocycles. The minimum Gasteiger partial charge on any atom is -0.480 e. The van der Waals surface area contributed by atoms with Crippen molar-refractivity contribution in [3.8, 4) is 0 Å². The number of Topliss-reactive ketones (excluding diaryl/α,β-unsaturated/α-hetero) is 1. The Kier molecular flexibility index (Phi) is 39.1. The lowest BCUT2D eigenvalue weighted by Crippen LogP contribution is -2.60. The van der Waals surface area contributed by atoms with Gasteiger partial charge in [-0.1, -0.05) is 111 Å². The van der Waals surface area contributed by atoms with Crippen molar-refractivity contribution in [1.82, 2.24) is 61.3 Å². The zero-order chi connectivity index (χ0) is 78.9. The number of hydrogen-bond donors (Lipinski definition) is 10. The Hall–Kier alpha value is -8.36. The Bertz CT molecular complexity index is 3160. The molecule has 2 aromatic rings. The van der Waals surface area contributed by atoms with E-state index in [1.165, 1.54) is 26.0 Å². The number of likely N-dealkylation sites (tertiary alicyclic amines) is 1. The van der Waals surface area contributed by atoms with Crippen LogP contribution in [-0.2, 0) is 68.8 Å². The van der Waals surface area contributed by atoms with Crippen LogP contribution >= 0.6 is 0 Å². The number of ether oxygens (including phenoxy) is 3. The quantitative estimate of drug-likeness (QED) is 0.0426. The highest BCUT2D eigenvalue weighted by Gasteiger charge is 2.42. The number of ketones is 1. The van der Waals surface area contributed by atoms with E-state index in [-0.39, 0.29) is 114 Å². The highest BCUT2D eigenvalue weighted by Crippen LogP contribution is 2.29. The summed E-state index contributed by atoms with van der Waals surface area (Å²) in [7, 11) is 4.58. The van der Waals surface area contributed by atoms with Crippen LogP contribution in [0, 0.1) is 29.6 Å². The first kappa shape index (κ1) is 90.0. The molecule has 2 saturated heterocycles. The molecule has 0 radical (unpaired) electrons. The number of rotatable bonds is 43. The lowest BCUT2D eigenvalue weighted by Gasteiger charge is -2.40. The Labute approximate surface area is 625 Å². The summed E-state index contributed by atoms with van der Waals surface area (Å²) in [6.45, 7) is 22.2. The topological polar surface area (TPSA) is 403 Å². The maximum absolute atomic E-state index is 14.8. The summed E-state index contributed by atoms with van der Waals surface area (Å²) >= 11 is 0. The fourth-order valence-electron chi connectivity index (χ4n) is 13.2. The number of nitrogens with one attached hydrogen (secondary N) is 7. The van der Waals surface area contributed by atoms with Crippen LogP contribution in [0.25, 0.3) is 0 Å². The number of anilines is 1. The third kappa shape index (κ3) is 30.5. The molecule has 0 bridgehead atoms. The number of hydrogen-bond acceptors (Lipinski definition) is 19. The Balaban J connectivity index is 1.38. The van der Waals surface area contributed by atoms with Crippen LogP contribution < -0.4 is 43.0 Å². The monoisotopic (exact) mass is 1490 g/mol. The molecule has 2 aromatic carbocycles. The van der Waals surface area contributed by atoms with Crippen LogP contribution in [0.3, 0.4) is 0 Å². The van der Waals surface area contributed by atoms with E-state index in [0.29, 0.717) is 81.9 Å². The van der Waals surface area contributed by atoms with Gasteiger partial charge in [0.2, 0.25) is 47.3 Å². The number of nitrogens with two attached hydrogens (primary N) is 1. The predicted molar refractivity (Wildman–Crippen MR) is 399 cm³/mol. The first-order valence-corrected chi connectivity index (χ1v) is 37.2. The summed E-state index contributed by atoms with van der Waals surface area (Å²) in [6.07, 6.45) is 0.516. The molecule has 31 nitrogen and oxygen atoms in total.